The summed E-state index contributed by atoms with van der Waals surface area (Å²) in [6.07, 6.45) is 0.431. The molecule has 0 aliphatic rings. The lowest BCUT2D eigenvalue weighted by Gasteiger charge is -2.22. The fourth-order valence-corrected chi connectivity index (χ4v) is 4.86. The smallest absolute Gasteiger partial charge is 0.296 e. The van der Waals surface area contributed by atoms with Crippen LogP contribution >= 0.6 is 0 Å². The second kappa shape index (κ2) is 11.4. The lowest BCUT2D eigenvalue weighted by Crippen LogP contribution is -2.14. The van der Waals surface area contributed by atoms with Crippen LogP contribution in [0.25, 0.3) is 0 Å². The van der Waals surface area contributed by atoms with Gasteiger partial charge in [-0.3, -0.25) is 4.18 Å². The van der Waals surface area contributed by atoms with Crippen molar-refractivity contribution >= 4 is 23.4 Å². The van der Waals surface area contributed by atoms with Gasteiger partial charge in [-0.25, -0.2) is 0 Å². The molecule has 176 valence electrons. The molecule has 0 fully saturated rings. The van der Waals surface area contributed by atoms with Gasteiger partial charge in [0, 0.05) is 11.5 Å². The van der Waals surface area contributed by atoms with Gasteiger partial charge >= 0.3 is 0 Å². The number of benzene rings is 4. The van der Waals surface area contributed by atoms with Crippen LogP contribution in [0.1, 0.15) is 34.6 Å². The topological polar surface area (TPSA) is 52.6 Å². The molecule has 0 heterocycles. The fourth-order valence-electron chi connectivity index (χ4n) is 3.94. The molecule has 4 aromatic carbocycles. The van der Waals surface area contributed by atoms with Crippen LogP contribution < -0.4 is 10.2 Å². The van der Waals surface area contributed by atoms with Gasteiger partial charge in [-0.1, -0.05) is 96.0 Å². The first-order chi connectivity index (χ1) is 16.9. The highest BCUT2D eigenvalue weighted by molar-refractivity contribution is 7.86. The molecule has 0 aliphatic carbocycles. The summed E-state index contributed by atoms with van der Waals surface area (Å²) in [6.45, 7) is 2.34. The van der Waals surface area contributed by atoms with Crippen LogP contribution in [0.3, 0.4) is 0 Å². The zero-order chi connectivity index (χ0) is 24.7. The third-order valence-electron chi connectivity index (χ3n) is 5.80. The Morgan fingerprint density at radius 3 is 2.17 bits per heavy atom. The summed E-state index contributed by atoms with van der Waals surface area (Å²) >= 11 is 0. The maximum atomic E-state index is 12.7. The minimum Gasteiger partial charge on any atom is -0.489 e. The average Bonchev–Trinajstić information content (AvgIpc) is 2.87. The van der Waals surface area contributed by atoms with E-state index in [9.17, 15) is 8.42 Å². The molecule has 0 aliphatic heterocycles. The van der Waals surface area contributed by atoms with Gasteiger partial charge in [-0.2, -0.15) is 8.42 Å². The standard InChI is InChI=1S/C29H27BO4S/c1-22-12-15-26(16-13-22)35(31,32)34-19-18-27(24-10-6-3-7-11-24)28-20-25(30)14-17-29(28)33-21-23-8-4-2-5-9-23/h2-17,20,27H,18-19,21H2,1H3. The van der Waals surface area contributed by atoms with Gasteiger partial charge < -0.3 is 4.74 Å². The van der Waals surface area contributed by atoms with E-state index in [0.717, 1.165) is 22.3 Å². The summed E-state index contributed by atoms with van der Waals surface area (Å²) in [4.78, 5) is 0.148. The molecular weight excluding hydrogens is 455 g/mol. The first-order valence-electron chi connectivity index (χ1n) is 11.5. The van der Waals surface area contributed by atoms with Crippen LogP contribution in [0.15, 0.2) is 108 Å². The predicted molar refractivity (Wildman–Crippen MR) is 140 cm³/mol. The van der Waals surface area contributed by atoms with Crippen LogP contribution in [0, 0.1) is 6.92 Å². The Labute approximate surface area is 209 Å². The van der Waals surface area contributed by atoms with E-state index in [1.165, 1.54) is 0 Å². The molecule has 1 unspecified atom stereocenters. The lowest BCUT2D eigenvalue weighted by atomic mass is 9.84. The molecule has 0 saturated carbocycles. The van der Waals surface area contributed by atoms with Gasteiger partial charge in [0.1, 0.15) is 20.2 Å². The molecule has 4 nitrogen and oxygen atoms in total. The molecule has 2 radical (unpaired) electrons. The summed E-state index contributed by atoms with van der Waals surface area (Å²) in [5.74, 6) is 0.539. The molecule has 0 bridgehead atoms. The second-order valence-corrected chi connectivity index (χ2v) is 10.0. The molecule has 0 amide bonds. The zero-order valence-electron chi connectivity index (χ0n) is 19.6. The Kier molecular flexibility index (Phi) is 8.06. The zero-order valence-corrected chi connectivity index (χ0v) is 20.4. The average molecular weight is 482 g/mol. The first kappa shape index (κ1) is 24.8. The van der Waals surface area contributed by atoms with E-state index in [-0.39, 0.29) is 17.4 Å². The Morgan fingerprint density at radius 1 is 0.829 bits per heavy atom. The maximum Gasteiger partial charge on any atom is 0.296 e. The number of ether oxygens (including phenoxy) is 1. The molecule has 0 aromatic heterocycles. The van der Waals surface area contributed by atoms with Gasteiger partial charge in [0.15, 0.2) is 0 Å². The highest BCUT2D eigenvalue weighted by Crippen LogP contribution is 2.34. The van der Waals surface area contributed by atoms with Crippen molar-refractivity contribution in [1.82, 2.24) is 0 Å². The lowest BCUT2D eigenvalue weighted by molar-refractivity contribution is 0.292. The van der Waals surface area contributed by atoms with Crippen molar-refractivity contribution in [2.24, 2.45) is 0 Å². The molecule has 0 saturated heterocycles. The van der Waals surface area contributed by atoms with E-state index < -0.39 is 10.1 Å². The quantitative estimate of drug-likeness (QED) is 0.228. The Bertz CT molecular complexity index is 1340. The third kappa shape index (κ3) is 6.62. The molecular formula is C29H27BO4S. The molecule has 6 heteroatoms. The minimum atomic E-state index is -3.86. The van der Waals surface area contributed by atoms with Crippen molar-refractivity contribution in [2.75, 3.05) is 6.61 Å². The van der Waals surface area contributed by atoms with Crippen LogP contribution in [-0.2, 0) is 20.9 Å². The van der Waals surface area contributed by atoms with Gasteiger partial charge in [-0.15, -0.1) is 0 Å². The summed E-state index contributed by atoms with van der Waals surface area (Å²) in [6, 6.07) is 32.0. The van der Waals surface area contributed by atoms with E-state index in [1.807, 2.05) is 85.8 Å². The van der Waals surface area contributed by atoms with Gasteiger partial charge in [-0.05, 0) is 42.7 Å². The predicted octanol–water partition coefficient (Wildman–Crippen LogP) is 5.30. The molecule has 0 spiro atoms. The van der Waals surface area contributed by atoms with Crippen LogP contribution in [0.2, 0.25) is 0 Å². The second-order valence-electron chi connectivity index (χ2n) is 8.41. The van der Waals surface area contributed by atoms with Crippen molar-refractivity contribution in [3.8, 4) is 5.75 Å². The Hall–Kier alpha value is -3.35. The number of hydrogen-bond donors (Lipinski definition) is 0. The van der Waals surface area contributed by atoms with E-state index in [2.05, 4.69) is 0 Å². The highest BCUT2D eigenvalue weighted by atomic mass is 32.2. The molecule has 4 rings (SSSR count). The number of hydrogen-bond acceptors (Lipinski definition) is 4. The monoisotopic (exact) mass is 482 g/mol. The first-order valence-corrected chi connectivity index (χ1v) is 12.9. The van der Waals surface area contributed by atoms with Crippen LogP contribution in [0.5, 0.6) is 5.75 Å². The van der Waals surface area contributed by atoms with Crippen LogP contribution in [-0.4, -0.2) is 22.9 Å². The van der Waals surface area contributed by atoms with Crippen LogP contribution in [0.4, 0.5) is 0 Å². The van der Waals surface area contributed by atoms with Crippen molar-refractivity contribution in [3.63, 3.8) is 0 Å². The van der Waals surface area contributed by atoms with Crippen molar-refractivity contribution < 1.29 is 17.3 Å². The van der Waals surface area contributed by atoms with E-state index in [1.54, 1.807) is 24.3 Å². The van der Waals surface area contributed by atoms with Crippen molar-refractivity contribution in [3.05, 3.63) is 125 Å². The minimum absolute atomic E-state index is 0.0166. The van der Waals surface area contributed by atoms with Gasteiger partial charge in [0.2, 0.25) is 0 Å². The fraction of sp³-hybridized carbons (Fsp3) is 0.172. The Morgan fingerprint density at radius 2 is 1.49 bits per heavy atom. The Balaban J connectivity index is 1.57. The molecule has 35 heavy (non-hydrogen) atoms. The van der Waals surface area contributed by atoms with E-state index >= 15 is 0 Å². The van der Waals surface area contributed by atoms with E-state index in [0.29, 0.717) is 24.2 Å². The number of aryl methyl sites for hydroxylation is 1. The van der Waals surface area contributed by atoms with Gasteiger partial charge in [0.25, 0.3) is 10.1 Å². The summed E-state index contributed by atoms with van der Waals surface area (Å²) in [5, 5.41) is 0. The third-order valence-corrected chi connectivity index (χ3v) is 7.13. The summed E-state index contributed by atoms with van der Waals surface area (Å²) in [7, 11) is 2.30. The highest BCUT2D eigenvalue weighted by Gasteiger charge is 2.21. The molecule has 4 aromatic rings. The molecule has 1 atom stereocenters. The SMILES string of the molecule is [B]c1ccc(OCc2ccccc2)c(C(CCOS(=O)(=O)c2ccc(C)cc2)c2ccccc2)c1. The largest absolute Gasteiger partial charge is 0.489 e. The van der Waals surface area contributed by atoms with Gasteiger partial charge in [0.05, 0.1) is 11.5 Å². The number of rotatable bonds is 10. The normalized spacial score (nSPS) is 12.3. The summed E-state index contributed by atoms with van der Waals surface area (Å²) < 4.78 is 37.0. The summed E-state index contributed by atoms with van der Waals surface area (Å²) in [5.41, 5.74) is 4.57. The van der Waals surface area contributed by atoms with Crippen molar-refractivity contribution in [2.45, 2.75) is 30.8 Å². The molecule has 0 N–H and O–H groups in total. The van der Waals surface area contributed by atoms with E-state index in [4.69, 9.17) is 16.8 Å². The van der Waals surface area contributed by atoms with Crippen molar-refractivity contribution in [1.29, 1.82) is 0 Å². The maximum absolute atomic E-state index is 12.7.